The van der Waals surface area contributed by atoms with Gasteiger partial charge in [0, 0.05) is 0 Å². The molecule has 98 valence electrons. The van der Waals surface area contributed by atoms with Gasteiger partial charge in [-0.05, 0) is 12.5 Å². The molecular formula is C13H17NO4. The fourth-order valence-corrected chi connectivity index (χ4v) is 1.29. The van der Waals surface area contributed by atoms with E-state index < -0.39 is 5.97 Å². The maximum Gasteiger partial charge on any atom is 0.358 e. The zero-order chi connectivity index (χ0) is 13.2. The van der Waals surface area contributed by atoms with Gasteiger partial charge >= 0.3 is 5.97 Å². The summed E-state index contributed by atoms with van der Waals surface area (Å²) in [6.45, 7) is 2.48. The molecule has 0 fully saturated rings. The zero-order valence-corrected chi connectivity index (χ0v) is 10.6. The van der Waals surface area contributed by atoms with Gasteiger partial charge in [-0.15, -0.1) is 0 Å². The van der Waals surface area contributed by atoms with Crippen molar-refractivity contribution in [2.45, 2.75) is 13.5 Å². The van der Waals surface area contributed by atoms with Crippen molar-refractivity contribution in [3.05, 3.63) is 35.9 Å². The highest BCUT2D eigenvalue weighted by atomic mass is 16.6. The largest absolute Gasteiger partial charge is 0.461 e. The van der Waals surface area contributed by atoms with E-state index >= 15 is 0 Å². The summed E-state index contributed by atoms with van der Waals surface area (Å²) in [6, 6.07) is 9.66. The number of carbonyl (C=O) groups is 1. The monoisotopic (exact) mass is 251 g/mol. The Labute approximate surface area is 106 Å². The molecule has 0 aromatic heterocycles. The third-order valence-electron chi connectivity index (χ3n) is 2.06. The molecule has 0 spiro atoms. The number of carbonyl (C=O) groups excluding carboxylic acids is 1. The molecule has 0 heterocycles. The molecule has 1 aromatic carbocycles. The first kappa shape index (κ1) is 14.2. The Kier molecular flexibility index (Phi) is 6.50. The standard InChI is InChI=1S/C13H17NO4/c1-3-18-13(15)12(14-16-2)10-17-9-11-7-5-4-6-8-11/h4-8H,3,9-10H2,1-2H3/b14-12-. The van der Waals surface area contributed by atoms with Crippen molar-refractivity contribution in [1.29, 1.82) is 0 Å². The summed E-state index contributed by atoms with van der Waals surface area (Å²) in [5.74, 6) is -0.521. The number of oxime groups is 1. The van der Waals surface area contributed by atoms with Crippen LogP contribution in [0.15, 0.2) is 35.5 Å². The molecule has 0 N–H and O–H groups in total. The first-order valence-electron chi connectivity index (χ1n) is 5.66. The molecule has 0 radical (unpaired) electrons. The van der Waals surface area contributed by atoms with Crippen molar-refractivity contribution in [3.63, 3.8) is 0 Å². The topological polar surface area (TPSA) is 57.1 Å². The van der Waals surface area contributed by atoms with Crippen molar-refractivity contribution in [2.24, 2.45) is 5.16 Å². The van der Waals surface area contributed by atoms with E-state index in [4.69, 9.17) is 9.47 Å². The van der Waals surface area contributed by atoms with Crippen LogP contribution >= 0.6 is 0 Å². The molecule has 5 nitrogen and oxygen atoms in total. The van der Waals surface area contributed by atoms with Gasteiger partial charge in [0.15, 0.2) is 5.71 Å². The van der Waals surface area contributed by atoms with Crippen molar-refractivity contribution in [3.8, 4) is 0 Å². The van der Waals surface area contributed by atoms with E-state index in [1.807, 2.05) is 30.3 Å². The van der Waals surface area contributed by atoms with Crippen LogP contribution in [0.25, 0.3) is 0 Å². The lowest BCUT2D eigenvalue weighted by atomic mass is 10.2. The van der Waals surface area contributed by atoms with E-state index in [9.17, 15) is 4.79 Å². The van der Waals surface area contributed by atoms with Crippen LogP contribution in [0.1, 0.15) is 12.5 Å². The fourth-order valence-electron chi connectivity index (χ4n) is 1.29. The highest BCUT2D eigenvalue weighted by Gasteiger charge is 2.13. The predicted octanol–water partition coefficient (Wildman–Crippen LogP) is 1.77. The van der Waals surface area contributed by atoms with Gasteiger partial charge in [-0.2, -0.15) is 0 Å². The Hall–Kier alpha value is -1.88. The quantitative estimate of drug-likeness (QED) is 0.421. The second-order valence-corrected chi connectivity index (χ2v) is 3.42. The van der Waals surface area contributed by atoms with Crippen LogP contribution in [0.2, 0.25) is 0 Å². The number of hydrogen-bond donors (Lipinski definition) is 0. The third kappa shape index (κ3) is 4.97. The number of hydrogen-bond acceptors (Lipinski definition) is 5. The maximum atomic E-state index is 11.5. The van der Waals surface area contributed by atoms with Gasteiger partial charge in [0.2, 0.25) is 0 Å². The van der Waals surface area contributed by atoms with Crippen molar-refractivity contribution in [1.82, 2.24) is 0 Å². The normalized spacial score (nSPS) is 11.1. The van der Waals surface area contributed by atoms with Crippen molar-refractivity contribution in [2.75, 3.05) is 20.3 Å². The van der Waals surface area contributed by atoms with E-state index in [1.54, 1.807) is 6.92 Å². The lowest BCUT2D eigenvalue weighted by Gasteiger charge is -2.06. The number of benzene rings is 1. The van der Waals surface area contributed by atoms with Crippen LogP contribution < -0.4 is 0 Å². The van der Waals surface area contributed by atoms with Gasteiger partial charge in [0.1, 0.15) is 13.7 Å². The molecule has 1 rings (SSSR count). The van der Waals surface area contributed by atoms with E-state index in [0.717, 1.165) is 5.56 Å². The Bertz CT molecular complexity index is 389. The second kappa shape index (κ2) is 8.25. The molecule has 0 aliphatic rings. The molecule has 1 aromatic rings. The van der Waals surface area contributed by atoms with E-state index in [2.05, 4.69) is 9.99 Å². The van der Waals surface area contributed by atoms with Crippen LogP contribution in [0.3, 0.4) is 0 Å². The molecular weight excluding hydrogens is 234 g/mol. The molecule has 5 heteroatoms. The molecule has 0 saturated heterocycles. The molecule has 0 aliphatic carbocycles. The average Bonchev–Trinajstić information content (AvgIpc) is 2.39. The van der Waals surface area contributed by atoms with Gasteiger partial charge in [-0.25, -0.2) is 4.79 Å². The summed E-state index contributed by atoms with van der Waals surface area (Å²) >= 11 is 0. The number of rotatable bonds is 7. The summed E-state index contributed by atoms with van der Waals surface area (Å²) in [5.41, 5.74) is 1.15. The highest BCUT2D eigenvalue weighted by Crippen LogP contribution is 2.01. The van der Waals surface area contributed by atoms with Gasteiger partial charge < -0.3 is 14.3 Å². The maximum absolute atomic E-state index is 11.5. The molecule has 0 aliphatic heterocycles. The SMILES string of the molecule is CCOC(=O)/C(COCc1ccccc1)=N\OC. The summed E-state index contributed by atoms with van der Waals surface area (Å²) in [4.78, 5) is 16.0. The minimum Gasteiger partial charge on any atom is -0.461 e. The Morgan fingerprint density at radius 3 is 2.61 bits per heavy atom. The number of nitrogens with zero attached hydrogens (tertiary/aromatic N) is 1. The van der Waals surface area contributed by atoms with Crippen LogP contribution in [-0.2, 0) is 25.7 Å². The highest BCUT2D eigenvalue weighted by molar-refractivity contribution is 6.36. The van der Waals surface area contributed by atoms with E-state index in [0.29, 0.717) is 13.2 Å². The lowest BCUT2D eigenvalue weighted by molar-refractivity contribution is -0.135. The predicted molar refractivity (Wildman–Crippen MR) is 67.2 cm³/mol. The minimum atomic E-state index is -0.521. The summed E-state index contributed by atoms with van der Waals surface area (Å²) in [7, 11) is 1.37. The van der Waals surface area contributed by atoms with Crippen molar-refractivity contribution >= 4 is 11.7 Å². The number of esters is 1. The molecule has 18 heavy (non-hydrogen) atoms. The zero-order valence-electron chi connectivity index (χ0n) is 10.6. The Balaban J connectivity index is 2.43. The molecule has 0 saturated carbocycles. The Morgan fingerprint density at radius 2 is 2.00 bits per heavy atom. The lowest BCUT2D eigenvalue weighted by Crippen LogP contribution is -2.23. The summed E-state index contributed by atoms with van der Waals surface area (Å²) in [5, 5.41) is 3.59. The van der Waals surface area contributed by atoms with Gasteiger partial charge in [-0.1, -0.05) is 35.5 Å². The molecule has 0 amide bonds. The summed E-state index contributed by atoms with van der Waals surface area (Å²) < 4.78 is 10.2. The molecule has 0 bridgehead atoms. The van der Waals surface area contributed by atoms with Gasteiger partial charge in [0.05, 0.1) is 13.2 Å². The van der Waals surface area contributed by atoms with E-state index in [1.165, 1.54) is 7.11 Å². The molecule has 0 atom stereocenters. The van der Waals surface area contributed by atoms with Gasteiger partial charge in [0.25, 0.3) is 0 Å². The fraction of sp³-hybridized carbons (Fsp3) is 0.385. The van der Waals surface area contributed by atoms with Gasteiger partial charge in [-0.3, -0.25) is 0 Å². The van der Waals surface area contributed by atoms with Crippen molar-refractivity contribution < 1.29 is 19.1 Å². The molecule has 0 unspecified atom stereocenters. The smallest absolute Gasteiger partial charge is 0.358 e. The van der Waals surface area contributed by atoms with Crippen LogP contribution in [0.4, 0.5) is 0 Å². The van der Waals surface area contributed by atoms with Crippen LogP contribution in [0.5, 0.6) is 0 Å². The van der Waals surface area contributed by atoms with E-state index in [-0.39, 0.29) is 12.3 Å². The average molecular weight is 251 g/mol. The number of ether oxygens (including phenoxy) is 2. The first-order chi connectivity index (χ1) is 8.77. The minimum absolute atomic E-state index is 0.0571. The Morgan fingerprint density at radius 1 is 1.28 bits per heavy atom. The first-order valence-corrected chi connectivity index (χ1v) is 5.66. The second-order valence-electron chi connectivity index (χ2n) is 3.42. The third-order valence-corrected chi connectivity index (χ3v) is 2.06. The van der Waals surface area contributed by atoms with Crippen LogP contribution in [-0.4, -0.2) is 32.0 Å². The van der Waals surface area contributed by atoms with Crippen LogP contribution in [0, 0.1) is 0 Å². The summed E-state index contributed by atoms with van der Waals surface area (Å²) in [6.07, 6.45) is 0.